The second-order valence-electron chi connectivity index (χ2n) is 7.80. The molecule has 34 heavy (non-hydrogen) atoms. The van der Waals surface area contributed by atoms with E-state index in [1.165, 1.54) is 17.3 Å². The van der Waals surface area contributed by atoms with Gasteiger partial charge < -0.3 is 14.8 Å². The first-order valence-corrected chi connectivity index (χ1v) is 11.7. The minimum atomic E-state index is -0.970. The van der Waals surface area contributed by atoms with Crippen LogP contribution in [0.4, 0.5) is 5.69 Å². The van der Waals surface area contributed by atoms with Crippen LogP contribution in [0.15, 0.2) is 78.0 Å². The van der Waals surface area contributed by atoms with Gasteiger partial charge in [-0.3, -0.25) is 4.79 Å². The molecule has 170 valence electrons. The van der Waals surface area contributed by atoms with Crippen molar-refractivity contribution in [2.75, 3.05) is 12.4 Å². The molecule has 1 aromatic heterocycles. The van der Waals surface area contributed by atoms with Crippen LogP contribution in [-0.2, 0) is 5.75 Å². The molecule has 0 bridgehead atoms. The number of thioether (sulfide) groups is 1. The maximum atomic E-state index is 13.3. The number of methoxy groups -OCH3 is 1. The number of fused-ring (bicyclic) bond motifs is 3. The molecule has 0 aliphatic carbocycles. The van der Waals surface area contributed by atoms with Crippen LogP contribution < -0.4 is 14.8 Å². The maximum absolute atomic E-state index is 13.3. The summed E-state index contributed by atoms with van der Waals surface area (Å²) < 4.78 is 11.3. The van der Waals surface area contributed by atoms with Crippen LogP contribution in [-0.4, -0.2) is 34.3 Å². The van der Waals surface area contributed by atoms with Crippen molar-refractivity contribution >= 4 is 23.2 Å². The quantitative estimate of drug-likeness (QED) is 0.305. The highest BCUT2D eigenvalue weighted by Crippen LogP contribution is 2.37. The van der Waals surface area contributed by atoms with Gasteiger partial charge in [-0.15, -0.1) is 10.2 Å². The summed E-state index contributed by atoms with van der Waals surface area (Å²) in [4.78, 5) is 17.9. The highest BCUT2D eigenvalue weighted by molar-refractivity contribution is 7.98. The first-order chi connectivity index (χ1) is 16.6. The molecule has 0 radical (unpaired) electrons. The van der Waals surface area contributed by atoms with E-state index in [-0.39, 0.29) is 11.7 Å². The van der Waals surface area contributed by atoms with Crippen LogP contribution in [0.25, 0.3) is 11.3 Å². The Labute approximate surface area is 201 Å². The van der Waals surface area contributed by atoms with Crippen molar-refractivity contribution in [3.8, 4) is 22.9 Å². The molecule has 3 aromatic carbocycles. The van der Waals surface area contributed by atoms with Crippen molar-refractivity contribution in [2.24, 2.45) is 0 Å². The van der Waals surface area contributed by atoms with E-state index in [1.807, 2.05) is 24.3 Å². The standard InChI is InChI=1S/C26H22N4O3S/c1-16-7-9-17(10-8-16)15-34-26-28-24-22(29-30-26)20-5-3-4-6-21(20)27-25(33-24)23(31)18-11-13-19(32-2)14-12-18/h3-14,25,27H,15H2,1-2H3. The number of nitrogens with one attached hydrogen (secondary N) is 1. The number of ketones is 1. The van der Waals surface area contributed by atoms with E-state index in [4.69, 9.17) is 9.47 Å². The minimum absolute atomic E-state index is 0.224. The molecule has 0 amide bonds. The molecule has 1 aliphatic heterocycles. The molecule has 0 saturated heterocycles. The molecule has 5 rings (SSSR count). The number of hydrogen-bond donors (Lipinski definition) is 1. The number of ether oxygens (including phenoxy) is 2. The second kappa shape index (κ2) is 9.52. The Morgan fingerprint density at radius 1 is 1.03 bits per heavy atom. The van der Waals surface area contributed by atoms with Crippen molar-refractivity contribution in [1.82, 2.24) is 15.2 Å². The molecule has 0 saturated carbocycles. The Kier molecular flexibility index (Phi) is 6.14. The number of carbonyl (C=O) groups is 1. The van der Waals surface area contributed by atoms with Crippen LogP contribution in [0, 0.1) is 6.92 Å². The van der Waals surface area contributed by atoms with Gasteiger partial charge in [0.15, 0.2) is 5.69 Å². The molecule has 1 unspecified atom stereocenters. The van der Waals surface area contributed by atoms with Gasteiger partial charge in [-0.25, -0.2) is 0 Å². The normalized spacial score (nSPS) is 14.1. The predicted octanol–water partition coefficient (Wildman–Crippen LogP) is 5.16. The lowest BCUT2D eigenvalue weighted by Gasteiger charge is -2.18. The van der Waals surface area contributed by atoms with Gasteiger partial charge in [0.25, 0.3) is 0 Å². The number of nitrogens with zero attached hydrogens (tertiary/aromatic N) is 3. The van der Waals surface area contributed by atoms with Gasteiger partial charge >= 0.3 is 0 Å². The molecule has 4 aromatic rings. The van der Waals surface area contributed by atoms with Gasteiger partial charge in [0.05, 0.1) is 7.11 Å². The molecule has 2 heterocycles. The van der Waals surface area contributed by atoms with Crippen molar-refractivity contribution in [3.05, 3.63) is 89.5 Å². The number of carbonyl (C=O) groups excluding carboxylic acids is 1. The number of benzene rings is 3. The van der Waals surface area contributed by atoms with Gasteiger partial charge in [0.2, 0.25) is 23.0 Å². The summed E-state index contributed by atoms with van der Waals surface area (Å²) in [5.74, 6) is 1.42. The topological polar surface area (TPSA) is 86.2 Å². The number of Topliss-reactive ketones (excluding diaryl/α,β-unsaturated/α-hetero) is 1. The Morgan fingerprint density at radius 3 is 2.56 bits per heavy atom. The fourth-order valence-electron chi connectivity index (χ4n) is 3.57. The highest BCUT2D eigenvalue weighted by atomic mass is 32.2. The van der Waals surface area contributed by atoms with Gasteiger partial charge in [-0.2, -0.15) is 4.98 Å². The molecule has 0 fully saturated rings. The smallest absolute Gasteiger partial charge is 0.247 e. The predicted molar refractivity (Wildman–Crippen MR) is 131 cm³/mol. The van der Waals surface area contributed by atoms with E-state index in [1.54, 1.807) is 31.4 Å². The van der Waals surface area contributed by atoms with Crippen LogP contribution >= 0.6 is 11.8 Å². The monoisotopic (exact) mass is 470 g/mol. The zero-order valence-electron chi connectivity index (χ0n) is 18.7. The summed E-state index contributed by atoms with van der Waals surface area (Å²) in [6.07, 6.45) is -0.970. The van der Waals surface area contributed by atoms with Crippen LogP contribution in [0.1, 0.15) is 21.5 Å². The van der Waals surface area contributed by atoms with Gasteiger partial charge in [0, 0.05) is 22.6 Å². The number of hydrogen-bond acceptors (Lipinski definition) is 8. The van der Waals surface area contributed by atoms with E-state index in [2.05, 4.69) is 51.7 Å². The van der Waals surface area contributed by atoms with Crippen molar-refractivity contribution in [3.63, 3.8) is 0 Å². The molecular formula is C26H22N4O3S. The zero-order valence-corrected chi connectivity index (χ0v) is 19.5. The fraction of sp³-hybridized carbons (Fsp3) is 0.154. The summed E-state index contributed by atoms with van der Waals surface area (Å²) in [6.45, 7) is 2.06. The molecular weight excluding hydrogens is 448 g/mol. The third-order valence-corrected chi connectivity index (χ3v) is 6.34. The SMILES string of the molecule is COc1ccc(C(=O)C2Nc3ccccc3-c3nnc(SCc4ccc(C)cc4)nc3O2)cc1. The van der Waals surface area contributed by atoms with Gasteiger partial charge in [0.1, 0.15) is 5.75 Å². The average Bonchev–Trinajstić information content (AvgIpc) is 3.04. The molecule has 1 atom stereocenters. The van der Waals surface area contributed by atoms with E-state index >= 15 is 0 Å². The summed E-state index contributed by atoms with van der Waals surface area (Å²) in [6, 6.07) is 22.8. The van der Waals surface area contributed by atoms with Crippen LogP contribution in [0.3, 0.4) is 0 Å². The van der Waals surface area contributed by atoms with E-state index in [0.29, 0.717) is 27.9 Å². The highest BCUT2D eigenvalue weighted by Gasteiger charge is 2.30. The Morgan fingerprint density at radius 2 is 1.79 bits per heavy atom. The van der Waals surface area contributed by atoms with Crippen LogP contribution in [0.5, 0.6) is 11.6 Å². The minimum Gasteiger partial charge on any atom is -0.497 e. The lowest BCUT2D eigenvalue weighted by molar-refractivity contribution is 0.0823. The molecule has 8 heteroatoms. The lowest BCUT2D eigenvalue weighted by Crippen LogP contribution is -2.35. The van der Waals surface area contributed by atoms with Crippen LogP contribution in [0.2, 0.25) is 0 Å². The van der Waals surface area contributed by atoms with Crippen molar-refractivity contribution in [1.29, 1.82) is 0 Å². The first kappa shape index (κ1) is 21.9. The lowest BCUT2D eigenvalue weighted by atomic mass is 10.1. The summed E-state index contributed by atoms with van der Waals surface area (Å²) >= 11 is 1.47. The third kappa shape index (κ3) is 4.58. The number of aryl methyl sites for hydroxylation is 1. The third-order valence-electron chi connectivity index (χ3n) is 5.43. The Bertz CT molecular complexity index is 1330. The Hall–Kier alpha value is -3.91. The average molecular weight is 471 g/mol. The largest absolute Gasteiger partial charge is 0.497 e. The number of para-hydroxylation sites is 1. The zero-order chi connectivity index (χ0) is 23.5. The number of aromatic nitrogens is 3. The van der Waals surface area contributed by atoms with E-state index in [9.17, 15) is 4.79 Å². The fourth-order valence-corrected chi connectivity index (χ4v) is 4.30. The van der Waals surface area contributed by atoms with E-state index < -0.39 is 6.23 Å². The summed E-state index contributed by atoms with van der Waals surface area (Å²) in [5, 5.41) is 12.4. The summed E-state index contributed by atoms with van der Waals surface area (Å²) in [7, 11) is 1.59. The first-order valence-electron chi connectivity index (χ1n) is 10.7. The molecule has 1 aliphatic rings. The van der Waals surface area contributed by atoms with Crippen molar-refractivity contribution < 1.29 is 14.3 Å². The maximum Gasteiger partial charge on any atom is 0.247 e. The number of rotatable bonds is 6. The van der Waals surface area contributed by atoms with E-state index in [0.717, 1.165) is 16.8 Å². The number of anilines is 1. The van der Waals surface area contributed by atoms with Gasteiger partial charge in [-0.1, -0.05) is 59.8 Å². The summed E-state index contributed by atoms with van der Waals surface area (Å²) in [5.41, 5.74) is 4.86. The Balaban J connectivity index is 1.45. The van der Waals surface area contributed by atoms with Gasteiger partial charge in [-0.05, 0) is 42.8 Å². The molecule has 0 spiro atoms. The molecule has 1 N–H and O–H groups in total. The molecule has 7 nitrogen and oxygen atoms in total. The van der Waals surface area contributed by atoms with Crippen molar-refractivity contribution in [2.45, 2.75) is 24.1 Å². The second-order valence-corrected chi connectivity index (χ2v) is 8.75.